The SMILES string of the molecule is CC/C=C\CCC[C@@H]1CO1. The van der Waals surface area contributed by atoms with Crippen molar-refractivity contribution in [3.05, 3.63) is 12.2 Å². The van der Waals surface area contributed by atoms with Crippen molar-refractivity contribution in [1.29, 1.82) is 0 Å². The predicted octanol–water partition coefficient (Wildman–Crippen LogP) is 2.52. The van der Waals surface area contributed by atoms with Crippen molar-refractivity contribution in [2.75, 3.05) is 6.61 Å². The molecular weight excluding hydrogens is 124 g/mol. The minimum Gasteiger partial charge on any atom is -0.373 e. The fourth-order valence-electron chi connectivity index (χ4n) is 0.983. The number of hydrogen-bond acceptors (Lipinski definition) is 1. The van der Waals surface area contributed by atoms with Crippen molar-refractivity contribution in [1.82, 2.24) is 0 Å². The zero-order chi connectivity index (χ0) is 7.23. The summed E-state index contributed by atoms with van der Waals surface area (Å²) in [5.74, 6) is 0. The van der Waals surface area contributed by atoms with E-state index in [1.807, 2.05) is 0 Å². The molecule has 1 heteroatoms. The Bertz CT molecular complexity index is 103. The fourth-order valence-corrected chi connectivity index (χ4v) is 0.983. The van der Waals surface area contributed by atoms with Crippen LogP contribution in [0.2, 0.25) is 0 Å². The van der Waals surface area contributed by atoms with Crippen LogP contribution in [0.5, 0.6) is 0 Å². The Morgan fingerprint density at radius 3 is 2.90 bits per heavy atom. The second-order valence-electron chi connectivity index (χ2n) is 2.77. The number of unbranched alkanes of at least 4 members (excludes halogenated alkanes) is 1. The highest BCUT2D eigenvalue weighted by Gasteiger charge is 2.20. The van der Waals surface area contributed by atoms with Crippen molar-refractivity contribution >= 4 is 0 Å². The van der Waals surface area contributed by atoms with E-state index in [1.54, 1.807) is 0 Å². The highest BCUT2D eigenvalue weighted by atomic mass is 16.6. The molecule has 1 rings (SSSR count). The molecule has 1 heterocycles. The quantitative estimate of drug-likeness (QED) is 0.325. The van der Waals surface area contributed by atoms with Crippen LogP contribution >= 0.6 is 0 Å². The molecule has 0 aromatic heterocycles. The van der Waals surface area contributed by atoms with E-state index >= 15 is 0 Å². The molecule has 1 atom stereocenters. The average Bonchev–Trinajstić information content (AvgIpc) is 2.71. The second-order valence-corrected chi connectivity index (χ2v) is 2.77. The molecule has 1 nitrogen and oxygen atoms in total. The van der Waals surface area contributed by atoms with Crippen LogP contribution in [-0.2, 0) is 4.74 Å². The molecule has 0 amide bonds. The number of hydrogen-bond donors (Lipinski definition) is 0. The van der Waals surface area contributed by atoms with Gasteiger partial charge in [-0.2, -0.15) is 0 Å². The number of ether oxygens (including phenoxy) is 1. The standard InChI is InChI=1S/C9H16O/c1-2-3-4-5-6-7-9-8-10-9/h3-4,9H,2,5-8H2,1H3/b4-3-/t9-/m1/s1. The summed E-state index contributed by atoms with van der Waals surface area (Å²) in [7, 11) is 0. The molecule has 0 unspecified atom stereocenters. The van der Waals surface area contributed by atoms with E-state index in [9.17, 15) is 0 Å². The summed E-state index contributed by atoms with van der Waals surface area (Å²) in [4.78, 5) is 0. The van der Waals surface area contributed by atoms with Crippen LogP contribution in [0.1, 0.15) is 32.6 Å². The van der Waals surface area contributed by atoms with Gasteiger partial charge in [-0.15, -0.1) is 0 Å². The van der Waals surface area contributed by atoms with Crippen molar-refractivity contribution in [2.45, 2.75) is 38.7 Å². The van der Waals surface area contributed by atoms with Gasteiger partial charge in [0, 0.05) is 0 Å². The van der Waals surface area contributed by atoms with Gasteiger partial charge < -0.3 is 4.74 Å². The lowest BCUT2D eigenvalue weighted by Crippen LogP contribution is -1.82. The van der Waals surface area contributed by atoms with Gasteiger partial charge in [0.05, 0.1) is 12.7 Å². The molecule has 0 saturated carbocycles. The maximum atomic E-state index is 5.09. The van der Waals surface area contributed by atoms with Gasteiger partial charge in [0.1, 0.15) is 0 Å². The number of rotatable bonds is 5. The number of allylic oxidation sites excluding steroid dienone is 2. The van der Waals surface area contributed by atoms with E-state index < -0.39 is 0 Å². The monoisotopic (exact) mass is 140 g/mol. The number of epoxide rings is 1. The molecule has 0 spiro atoms. The lowest BCUT2D eigenvalue weighted by Gasteiger charge is -1.89. The normalized spacial score (nSPS) is 23.9. The van der Waals surface area contributed by atoms with Crippen molar-refractivity contribution in [3.8, 4) is 0 Å². The molecule has 0 N–H and O–H groups in total. The third-order valence-electron chi connectivity index (χ3n) is 1.70. The first kappa shape index (κ1) is 7.80. The Morgan fingerprint density at radius 2 is 2.30 bits per heavy atom. The van der Waals surface area contributed by atoms with Crippen molar-refractivity contribution in [3.63, 3.8) is 0 Å². The predicted molar refractivity (Wildman–Crippen MR) is 43.0 cm³/mol. The fraction of sp³-hybridized carbons (Fsp3) is 0.778. The lowest BCUT2D eigenvalue weighted by molar-refractivity contribution is 0.392. The van der Waals surface area contributed by atoms with Gasteiger partial charge in [0.15, 0.2) is 0 Å². The first-order valence-electron chi connectivity index (χ1n) is 4.20. The van der Waals surface area contributed by atoms with Crippen LogP contribution < -0.4 is 0 Å². The highest BCUT2D eigenvalue weighted by Crippen LogP contribution is 2.16. The van der Waals surface area contributed by atoms with Gasteiger partial charge in [-0.05, 0) is 25.7 Å². The summed E-state index contributed by atoms with van der Waals surface area (Å²) < 4.78 is 5.09. The van der Waals surface area contributed by atoms with Crippen LogP contribution in [0.3, 0.4) is 0 Å². The molecule has 0 radical (unpaired) electrons. The maximum Gasteiger partial charge on any atom is 0.0810 e. The van der Waals surface area contributed by atoms with Gasteiger partial charge in [-0.25, -0.2) is 0 Å². The molecule has 1 saturated heterocycles. The van der Waals surface area contributed by atoms with Crippen LogP contribution in [0, 0.1) is 0 Å². The summed E-state index contributed by atoms with van der Waals surface area (Å²) in [6.07, 6.45) is 10.1. The molecule has 0 aliphatic carbocycles. The van der Waals surface area contributed by atoms with Gasteiger partial charge in [-0.3, -0.25) is 0 Å². The summed E-state index contributed by atoms with van der Waals surface area (Å²) >= 11 is 0. The third kappa shape index (κ3) is 3.67. The van der Waals surface area contributed by atoms with E-state index in [1.165, 1.54) is 25.7 Å². The molecule has 1 aliphatic heterocycles. The van der Waals surface area contributed by atoms with Gasteiger partial charge in [-0.1, -0.05) is 19.1 Å². The first-order valence-corrected chi connectivity index (χ1v) is 4.20. The Labute approximate surface area is 63.1 Å². The Balaban J connectivity index is 1.80. The van der Waals surface area contributed by atoms with Crippen LogP contribution in [-0.4, -0.2) is 12.7 Å². The molecule has 58 valence electrons. The summed E-state index contributed by atoms with van der Waals surface area (Å²) in [6, 6.07) is 0. The zero-order valence-corrected chi connectivity index (χ0v) is 6.68. The highest BCUT2D eigenvalue weighted by molar-refractivity contribution is 4.81. The minimum atomic E-state index is 0.620. The Kier molecular flexibility index (Phi) is 3.52. The van der Waals surface area contributed by atoms with Crippen LogP contribution in [0.15, 0.2) is 12.2 Å². The molecule has 0 bridgehead atoms. The summed E-state index contributed by atoms with van der Waals surface area (Å²) in [6.45, 7) is 3.18. The van der Waals surface area contributed by atoms with E-state index in [4.69, 9.17) is 4.74 Å². The first-order chi connectivity index (χ1) is 4.93. The van der Waals surface area contributed by atoms with E-state index in [-0.39, 0.29) is 0 Å². The molecule has 1 aliphatic rings. The second kappa shape index (κ2) is 4.51. The van der Waals surface area contributed by atoms with Gasteiger partial charge >= 0.3 is 0 Å². The van der Waals surface area contributed by atoms with Crippen molar-refractivity contribution in [2.24, 2.45) is 0 Å². The van der Waals surface area contributed by atoms with Crippen LogP contribution in [0.25, 0.3) is 0 Å². The van der Waals surface area contributed by atoms with E-state index in [2.05, 4.69) is 19.1 Å². The van der Waals surface area contributed by atoms with Gasteiger partial charge in [0.25, 0.3) is 0 Å². The Morgan fingerprint density at radius 1 is 1.50 bits per heavy atom. The minimum absolute atomic E-state index is 0.620. The summed E-state index contributed by atoms with van der Waals surface area (Å²) in [5, 5.41) is 0. The topological polar surface area (TPSA) is 12.5 Å². The van der Waals surface area contributed by atoms with Crippen molar-refractivity contribution < 1.29 is 4.74 Å². The molecule has 0 aromatic rings. The van der Waals surface area contributed by atoms with E-state index in [0.29, 0.717) is 6.10 Å². The van der Waals surface area contributed by atoms with E-state index in [0.717, 1.165) is 6.61 Å². The smallest absolute Gasteiger partial charge is 0.0810 e. The lowest BCUT2D eigenvalue weighted by atomic mass is 10.2. The largest absolute Gasteiger partial charge is 0.373 e. The third-order valence-corrected chi connectivity index (χ3v) is 1.70. The maximum absolute atomic E-state index is 5.09. The zero-order valence-electron chi connectivity index (χ0n) is 6.68. The Hall–Kier alpha value is -0.300. The molecule has 1 fully saturated rings. The van der Waals surface area contributed by atoms with Gasteiger partial charge in [0.2, 0.25) is 0 Å². The summed E-state index contributed by atoms with van der Waals surface area (Å²) in [5.41, 5.74) is 0. The molecular formula is C9H16O. The molecule has 0 aromatic carbocycles. The van der Waals surface area contributed by atoms with Crippen LogP contribution in [0.4, 0.5) is 0 Å². The molecule has 10 heavy (non-hydrogen) atoms. The average molecular weight is 140 g/mol.